The first-order valence-electron chi connectivity index (χ1n) is 11.2. The molecule has 0 spiro atoms. The number of hydrogen-bond donors (Lipinski definition) is 6. The van der Waals surface area contributed by atoms with Crippen LogP contribution >= 0.6 is 13.4 Å². The fourth-order valence-electron chi connectivity index (χ4n) is 3.56. The molecule has 1 rings (SSSR count). The topological polar surface area (TPSA) is 121 Å². The van der Waals surface area contributed by atoms with Crippen LogP contribution in [0.25, 0.3) is 0 Å². The first-order chi connectivity index (χ1) is 14.4. The van der Waals surface area contributed by atoms with Crippen molar-refractivity contribution in [2.24, 2.45) is 0 Å². The Morgan fingerprint density at radius 1 is 0.613 bits per heavy atom. The summed E-state index contributed by atoms with van der Waals surface area (Å²) in [5.41, 5.74) is 0. The van der Waals surface area contributed by atoms with E-state index in [-0.39, 0.29) is 0 Å². The zero-order valence-electron chi connectivity index (χ0n) is 19.0. The fourth-order valence-corrected chi connectivity index (χ4v) is 12.0. The number of unbranched alkanes of at least 4 members (excludes halogenated alkanes) is 8. The van der Waals surface area contributed by atoms with Crippen molar-refractivity contribution >= 4 is 41.2 Å². The third-order valence-corrected chi connectivity index (χ3v) is 14.1. The Labute approximate surface area is 204 Å². The molecule has 0 saturated heterocycles. The van der Waals surface area contributed by atoms with Crippen LogP contribution in [0.15, 0.2) is 30.3 Å². The summed E-state index contributed by atoms with van der Waals surface area (Å²) < 4.78 is 1.78. The summed E-state index contributed by atoms with van der Waals surface area (Å²) in [7, 11) is 0. The molecule has 0 atom stereocenters. The first-order valence-corrected chi connectivity index (χ1v) is 22.2. The van der Waals surface area contributed by atoms with Gasteiger partial charge in [-0.3, -0.25) is 0 Å². The molecule has 0 radical (unpaired) electrons. The number of rotatable bonds is 13. The van der Waals surface area contributed by atoms with Gasteiger partial charge in [0, 0.05) is 0 Å². The van der Waals surface area contributed by atoms with Crippen LogP contribution in [0.1, 0.15) is 78.1 Å². The Hall–Kier alpha value is 0.903. The van der Waals surface area contributed by atoms with E-state index >= 15 is 0 Å². The minimum Gasteiger partial charge on any atom is -0.325 e. The summed E-state index contributed by atoms with van der Waals surface area (Å²) in [6.07, 6.45) is 14.5. The van der Waals surface area contributed by atoms with Crippen LogP contribution in [0.2, 0.25) is 10.0 Å². The first kappa shape index (κ1) is 34.1. The van der Waals surface area contributed by atoms with Gasteiger partial charge in [0.1, 0.15) is 0 Å². The van der Waals surface area contributed by atoms with Crippen LogP contribution < -0.4 is 4.16 Å². The van der Waals surface area contributed by atoms with Crippen molar-refractivity contribution in [1.82, 2.24) is 0 Å². The van der Waals surface area contributed by atoms with Gasteiger partial charge in [-0.25, -0.2) is 0 Å². The number of benzene rings is 1. The molecule has 1 aromatic rings. The summed E-state index contributed by atoms with van der Waals surface area (Å²) in [4.78, 5) is 45.3. The zero-order chi connectivity index (χ0) is 24.2. The molecular formula is C20H41O6P2S2Zn. The van der Waals surface area contributed by atoms with Crippen LogP contribution in [0, 0.1) is 0 Å². The van der Waals surface area contributed by atoms with Crippen LogP contribution in [0.5, 0.6) is 0 Å². The predicted octanol–water partition coefficient (Wildman–Crippen LogP) is 5.08. The molecular weight excluding hydrogens is 528 g/mol. The van der Waals surface area contributed by atoms with Crippen molar-refractivity contribution in [2.45, 2.75) is 88.1 Å². The third-order valence-electron chi connectivity index (χ3n) is 4.98. The maximum atomic E-state index is 7.56. The quantitative estimate of drug-likeness (QED) is 0.111. The molecule has 181 valence electrons. The normalized spacial score (nSPS) is 11.1. The van der Waals surface area contributed by atoms with Gasteiger partial charge in [-0.15, -0.1) is 0 Å². The summed E-state index contributed by atoms with van der Waals surface area (Å²) in [5.74, 6) is 0. The molecule has 0 aromatic heterocycles. The molecule has 0 bridgehead atoms. The second kappa shape index (κ2) is 21.4. The molecule has 6 nitrogen and oxygen atoms in total. The summed E-state index contributed by atoms with van der Waals surface area (Å²) in [5, 5.41) is 3.20. The van der Waals surface area contributed by atoms with Gasteiger partial charge < -0.3 is 29.4 Å². The van der Waals surface area contributed by atoms with Gasteiger partial charge in [0.05, 0.1) is 0 Å². The van der Waals surface area contributed by atoms with Crippen molar-refractivity contribution in [1.29, 1.82) is 0 Å². The molecule has 0 aliphatic heterocycles. The second-order valence-electron chi connectivity index (χ2n) is 7.90. The van der Waals surface area contributed by atoms with Crippen molar-refractivity contribution in [3.8, 4) is 0 Å². The second-order valence-corrected chi connectivity index (χ2v) is 21.2. The molecule has 1 aromatic carbocycles. The molecule has 0 amide bonds. The van der Waals surface area contributed by atoms with E-state index in [0.29, 0.717) is 0 Å². The maximum Gasteiger partial charge on any atom is 0.319 e. The van der Waals surface area contributed by atoms with Crippen molar-refractivity contribution in [3.63, 3.8) is 0 Å². The Morgan fingerprint density at radius 2 is 0.935 bits per heavy atom. The van der Waals surface area contributed by atoms with Crippen LogP contribution in [0.3, 0.4) is 0 Å². The van der Waals surface area contributed by atoms with Crippen LogP contribution in [-0.4, -0.2) is 29.4 Å². The maximum absolute atomic E-state index is 7.56. The summed E-state index contributed by atoms with van der Waals surface area (Å²) in [6, 6.07) is 11.5. The zero-order valence-corrected chi connectivity index (χ0v) is 25.4. The van der Waals surface area contributed by atoms with E-state index in [1.54, 1.807) is 14.2 Å². The molecule has 0 saturated carbocycles. The molecule has 6 N–H and O–H groups in total. The van der Waals surface area contributed by atoms with Crippen molar-refractivity contribution < 1.29 is 45.3 Å². The molecule has 0 aliphatic rings. The van der Waals surface area contributed by atoms with E-state index in [4.69, 9.17) is 29.4 Å². The predicted molar refractivity (Wildman–Crippen MR) is 135 cm³/mol. The Kier molecular flexibility index (Phi) is 23.6. The van der Waals surface area contributed by atoms with Gasteiger partial charge in [-0.05, 0) is 23.6 Å². The van der Waals surface area contributed by atoms with Crippen LogP contribution in [0.4, 0.5) is 0 Å². The minimum atomic E-state index is -3.81. The van der Waals surface area contributed by atoms with E-state index < -0.39 is 29.4 Å². The van der Waals surface area contributed by atoms with Gasteiger partial charge in [0.25, 0.3) is 0 Å². The SMILES string of the molecule is CCCCCC[CH2][Zn]([CH2]CCCCCC)[c]1ccccc1.OP(O)(O)=S.OP(O)(O)=S. The van der Waals surface area contributed by atoms with Crippen molar-refractivity contribution in [3.05, 3.63) is 30.3 Å². The average molecular weight is 569 g/mol. The smallest absolute Gasteiger partial charge is 0.319 e. The third kappa shape index (κ3) is 35.7. The van der Waals surface area contributed by atoms with Gasteiger partial charge in [-0.1, -0.05) is 0 Å². The Bertz CT molecular complexity index is 562. The van der Waals surface area contributed by atoms with Gasteiger partial charge in [-0.2, -0.15) is 0 Å². The van der Waals surface area contributed by atoms with Gasteiger partial charge in [0.2, 0.25) is 0 Å². The van der Waals surface area contributed by atoms with Crippen molar-refractivity contribution in [2.75, 3.05) is 0 Å². The van der Waals surface area contributed by atoms with E-state index in [0.717, 1.165) is 0 Å². The summed E-state index contributed by atoms with van der Waals surface area (Å²) in [6.45, 7) is -3.00. The largest absolute Gasteiger partial charge is 0.325 e. The Balaban J connectivity index is 0. The number of hydrogen-bond acceptors (Lipinski definition) is 2. The Morgan fingerprint density at radius 3 is 1.26 bits per heavy atom. The summed E-state index contributed by atoms with van der Waals surface area (Å²) >= 11 is 5.77. The molecule has 31 heavy (non-hydrogen) atoms. The molecule has 0 fully saturated rings. The minimum absolute atomic E-state index is 1.36. The van der Waals surface area contributed by atoms with Crippen LogP contribution in [-0.2, 0) is 39.6 Å². The van der Waals surface area contributed by atoms with E-state index in [1.807, 2.05) is 0 Å². The fraction of sp³-hybridized carbons (Fsp3) is 0.700. The monoisotopic (exact) mass is 567 g/mol. The van der Waals surface area contributed by atoms with Gasteiger partial charge >= 0.3 is 152 Å². The molecule has 0 unspecified atom stereocenters. The molecule has 0 aliphatic carbocycles. The molecule has 11 heteroatoms. The average Bonchev–Trinajstić information content (AvgIpc) is 2.64. The van der Waals surface area contributed by atoms with Gasteiger partial charge in [0.15, 0.2) is 0 Å². The van der Waals surface area contributed by atoms with E-state index in [9.17, 15) is 0 Å². The van der Waals surface area contributed by atoms with E-state index in [2.05, 4.69) is 67.8 Å². The molecule has 0 heterocycles. The van der Waals surface area contributed by atoms with E-state index in [1.165, 1.54) is 64.2 Å². The standard InChI is InChI=1S/2C7H15.C6H5.2H3O3PS.Zn/c2*1-3-5-7-6-4-2;1-2-4-6-5-3-1;2*1-4(2,3)5;/h2*1,3-7H2,2H3;1-5H;2*(H3,1,2,3,5);.